The van der Waals surface area contributed by atoms with E-state index in [4.69, 9.17) is 0 Å². The Morgan fingerprint density at radius 1 is 1.09 bits per heavy atom. The first-order valence-electron chi connectivity index (χ1n) is 7.02. The SMILES string of the molecule is Cc1ccc(S(=O)(=O)N2c3ccccc3NC(C)C2Br)cc1. The van der Waals surface area contributed by atoms with Crippen LogP contribution in [-0.4, -0.2) is 19.4 Å². The molecule has 2 aromatic rings. The molecule has 22 heavy (non-hydrogen) atoms. The van der Waals surface area contributed by atoms with Crippen molar-refractivity contribution in [1.29, 1.82) is 0 Å². The van der Waals surface area contributed by atoms with E-state index in [-0.39, 0.29) is 11.0 Å². The minimum Gasteiger partial charge on any atom is -0.378 e. The van der Waals surface area contributed by atoms with Gasteiger partial charge in [-0.2, -0.15) is 0 Å². The van der Waals surface area contributed by atoms with Gasteiger partial charge in [-0.05, 0) is 38.1 Å². The lowest BCUT2D eigenvalue weighted by atomic mass is 10.2. The minimum atomic E-state index is -3.63. The van der Waals surface area contributed by atoms with Crippen molar-refractivity contribution < 1.29 is 8.42 Å². The van der Waals surface area contributed by atoms with E-state index < -0.39 is 10.0 Å². The molecular weight excluding hydrogens is 364 g/mol. The van der Waals surface area contributed by atoms with Crippen molar-refractivity contribution in [2.45, 2.75) is 29.7 Å². The third-order valence-corrected chi connectivity index (χ3v) is 7.02. The average molecular weight is 381 g/mol. The third-order valence-electron chi connectivity index (χ3n) is 3.74. The number of hydrogen-bond donors (Lipinski definition) is 1. The maximum atomic E-state index is 13.1. The van der Waals surface area contributed by atoms with E-state index in [0.29, 0.717) is 10.6 Å². The van der Waals surface area contributed by atoms with Gasteiger partial charge >= 0.3 is 0 Å². The van der Waals surface area contributed by atoms with Crippen molar-refractivity contribution in [2.24, 2.45) is 0 Å². The summed E-state index contributed by atoms with van der Waals surface area (Å²) in [4.78, 5) is -0.0554. The first-order chi connectivity index (χ1) is 10.4. The zero-order valence-corrected chi connectivity index (χ0v) is 14.7. The Morgan fingerprint density at radius 2 is 1.73 bits per heavy atom. The molecule has 1 aliphatic rings. The average Bonchev–Trinajstić information content (AvgIpc) is 2.48. The second kappa shape index (κ2) is 5.59. The van der Waals surface area contributed by atoms with E-state index in [0.717, 1.165) is 11.3 Å². The van der Waals surface area contributed by atoms with E-state index in [1.54, 1.807) is 12.1 Å². The molecule has 2 atom stereocenters. The molecule has 1 aliphatic heterocycles. The number of fused-ring (bicyclic) bond motifs is 1. The van der Waals surface area contributed by atoms with Gasteiger partial charge in [0.15, 0.2) is 0 Å². The highest BCUT2D eigenvalue weighted by atomic mass is 79.9. The van der Waals surface area contributed by atoms with Crippen molar-refractivity contribution in [3.05, 3.63) is 54.1 Å². The first kappa shape index (κ1) is 15.4. The lowest BCUT2D eigenvalue weighted by Crippen LogP contribution is -2.48. The molecule has 0 spiro atoms. The van der Waals surface area contributed by atoms with Crippen LogP contribution in [0.25, 0.3) is 0 Å². The minimum absolute atomic E-state index is 0.0462. The molecule has 0 fully saturated rings. The van der Waals surface area contributed by atoms with Crippen LogP contribution in [0, 0.1) is 6.92 Å². The Kier molecular flexibility index (Phi) is 3.91. The number of hydrogen-bond acceptors (Lipinski definition) is 3. The number of nitrogens with zero attached hydrogens (tertiary/aromatic N) is 1. The highest BCUT2D eigenvalue weighted by Crippen LogP contribution is 2.39. The molecule has 6 heteroatoms. The Morgan fingerprint density at radius 3 is 2.41 bits per heavy atom. The largest absolute Gasteiger partial charge is 0.378 e. The molecule has 2 aromatic carbocycles. The number of alkyl halides is 1. The molecule has 1 N–H and O–H groups in total. The molecule has 2 unspecified atom stereocenters. The summed E-state index contributed by atoms with van der Waals surface area (Å²) >= 11 is 3.52. The summed E-state index contributed by atoms with van der Waals surface area (Å²) in [6.45, 7) is 3.89. The zero-order valence-electron chi connectivity index (χ0n) is 12.3. The van der Waals surface area contributed by atoms with Gasteiger partial charge in [0, 0.05) is 0 Å². The summed E-state index contributed by atoms with van der Waals surface area (Å²) < 4.78 is 27.6. The number of halogens is 1. The van der Waals surface area contributed by atoms with Crippen LogP contribution in [0.5, 0.6) is 0 Å². The van der Waals surface area contributed by atoms with Gasteiger partial charge in [0.05, 0.1) is 22.3 Å². The van der Waals surface area contributed by atoms with Gasteiger partial charge < -0.3 is 5.32 Å². The van der Waals surface area contributed by atoms with Crippen LogP contribution in [0.2, 0.25) is 0 Å². The lowest BCUT2D eigenvalue weighted by molar-refractivity contribution is 0.583. The van der Waals surface area contributed by atoms with Crippen LogP contribution >= 0.6 is 15.9 Å². The molecule has 0 aromatic heterocycles. The summed E-state index contributed by atoms with van der Waals surface area (Å²) in [5, 5.41) is 3.32. The Balaban J connectivity index is 2.15. The number of anilines is 2. The van der Waals surface area contributed by atoms with Gasteiger partial charge in [0.1, 0.15) is 4.95 Å². The highest BCUT2D eigenvalue weighted by molar-refractivity contribution is 9.09. The molecule has 0 amide bonds. The smallest absolute Gasteiger partial charge is 0.265 e. The number of benzene rings is 2. The van der Waals surface area contributed by atoms with Gasteiger partial charge in [0.25, 0.3) is 10.0 Å². The first-order valence-corrected chi connectivity index (χ1v) is 9.37. The van der Waals surface area contributed by atoms with Gasteiger partial charge in [0.2, 0.25) is 0 Å². The van der Waals surface area contributed by atoms with Crippen molar-refractivity contribution in [1.82, 2.24) is 0 Å². The van der Waals surface area contributed by atoms with Gasteiger partial charge in [-0.25, -0.2) is 12.7 Å². The highest BCUT2D eigenvalue weighted by Gasteiger charge is 2.38. The van der Waals surface area contributed by atoms with Crippen molar-refractivity contribution in [3.63, 3.8) is 0 Å². The Bertz CT molecular complexity index is 790. The zero-order chi connectivity index (χ0) is 15.9. The topological polar surface area (TPSA) is 49.4 Å². The molecule has 116 valence electrons. The van der Waals surface area contributed by atoms with E-state index in [2.05, 4.69) is 21.2 Å². The second-order valence-electron chi connectivity index (χ2n) is 5.44. The molecule has 0 radical (unpaired) electrons. The quantitative estimate of drug-likeness (QED) is 0.637. The summed E-state index contributed by atoms with van der Waals surface area (Å²) in [6, 6.07) is 14.3. The van der Waals surface area contributed by atoms with Gasteiger partial charge in [-0.15, -0.1) is 0 Å². The standard InChI is InChI=1S/C16H17BrN2O2S/c1-11-7-9-13(10-8-11)22(20,21)19-15-6-4-3-5-14(15)18-12(2)16(19)17/h3-10,12,16,18H,1-2H3. The normalized spacial score (nSPS) is 21.1. The second-order valence-corrected chi connectivity index (χ2v) is 8.19. The molecule has 3 rings (SSSR count). The number of aryl methyl sites for hydroxylation is 1. The Hall–Kier alpha value is -1.53. The van der Waals surface area contributed by atoms with Gasteiger partial charge in [-0.3, -0.25) is 0 Å². The van der Waals surface area contributed by atoms with Crippen LogP contribution in [0.1, 0.15) is 12.5 Å². The fourth-order valence-electron chi connectivity index (χ4n) is 2.52. The molecule has 1 heterocycles. The molecule has 4 nitrogen and oxygen atoms in total. The van der Waals surface area contributed by atoms with E-state index >= 15 is 0 Å². The summed E-state index contributed by atoms with van der Waals surface area (Å²) in [5.74, 6) is 0. The number of nitrogens with one attached hydrogen (secondary N) is 1. The van der Waals surface area contributed by atoms with Crippen LogP contribution in [-0.2, 0) is 10.0 Å². The summed E-state index contributed by atoms with van der Waals surface area (Å²) in [5.41, 5.74) is 2.51. The fraction of sp³-hybridized carbons (Fsp3) is 0.250. The van der Waals surface area contributed by atoms with Crippen LogP contribution in [0.3, 0.4) is 0 Å². The monoisotopic (exact) mass is 380 g/mol. The molecule has 0 saturated heterocycles. The van der Waals surface area contributed by atoms with Crippen LogP contribution in [0.4, 0.5) is 11.4 Å². The van der Waals surface area contributed by atoms with Crippen molar-refractivity contribution >= 4 is 37.3 Å². The molecule has 0 saturated carbocycles. The van der Waals surface area contributed by atoms with Crippen molar-refractivity contribution in [2.75, 3.05) is 9.62 Å². The molecular formula is C16H17BrN2O2S. The van der Waals surface area contributed by atoms with Crippen LogP contribution in [0.15, 0.2) is 53.4 Å². The van der Waals surface area contributed by atoms with E-state index in [9.17, 15) is 8.42 Å². The van der Waals surface area contributed by atoms with Gasteiger partial charge in [-0.1, -0.05) is 45.8 Å². The Labute approximate surface area is 139 Å². The number of rotatable bonds is 2. The van der Waals surface area contributed by atoms with Crippen molar-refractivity contribution in [3.8, 4) is 0 Å². The lowest BCUT2D eigenvalue weighted by Gasteiger charge is -2.39. The maximum Gasteiger partial charge on any atom is 0.265 e. The third kappa shape index (κ3) is 2.50. The van der Waals surface area contributed by atoms with E-state index in [1.807, 2.05) is 50.2 Å². The van der Waals surface area contributed by atoms with Crippen LogP contribution < -0.4 is 9.62 Å². The predicted molar refractivity (Wildman–Crippen MR) is 93.1 cm³/mol. The summed E-state index contributed by atoms with van der Waals surface area (Å²) in [7, 11) is -3.63. The fourth-order valence-corrected chi connectivity index (χ4v) is 5.11. The van der Waals surface area contributed by atoms with E-state index in [1.165, 1.54) is 4.31 Å². The predicted octanol–water partition coefficient (Wildman–Crippen LogP) is 3.73. The number of para-hydroxylation sites is 2. The summed E-state index contributed by atoms with van der Waals surface area (Å²) in [6.07, 6.45) is 0. The molecule has 0 aliphatic carbocycles. The maximum absolute atomic E-state index is 13.1. The molecule has 0 bridgehead atoms. The number of sulfonamides is 1.